The van der Waals surface area contributed by atoms with Crippen LogP contribution in [0.4, 0.5) is 0 Å². The number of ether oxygens (including phenoxy) is 1. The normalized spacial score (nSPS) is 18.4. The van der Waals surface area contributed by atoms with Crippen LogP contribution in [-0.4, -0.2) is 11.7 Å². The average molecular weight is 244 g/mol. The van der Waals surface area contributed by atoms with E-state index in [2.05, 4.69) is 36.0 Å². The minimum Gasteiger partial charge on any atom is -0.496 e. The number of nitrogens with zero attached hydrogens (tertiary/aromatic N) is 1. The maximum Gasteiger partial charge on any atom is 0.133 e. The first-order valence-electron chi connectivity index (χ1n) is 6.57. The summed E-state index contributed by atoms with van der Waals surface area (Å²) >= 11 is 0. The third-order valence-corrected chi connectivity index (χ3v) is 4.25. The highest BCUT2D eigenvalue weighted by Crippen LogP contribution is 2.43. The van der Waals surface area contributed by atoms with Crippen LogP contribution in [0.15, 0.2) is 24.4 Å². The molecule has 0 atom stereocenters. The summed E-state index contributed by atoms with van der Waals surface area (Å²) in [4.78, 5) is 0. The second-order valence-electron chi connectivity index (χ2n) is 5.37. The lowest BCUT2D eigenvalue weighted by atomic mass is 9.88. The van der Waals surface area contributed by atoms with Crippen LogP contribution < -0.4 is 10.5 Å². The summed E-state index contributed by atoms with van der Waals surface area (Å²) in [7, 11) is 3.79. The molecule has 0 saturated heterocycles. The molecule has 2 aromatic rings. The van der Waals surface area contributed by atoms with Crippen LogP contribution in [0.3, 0.4) is 0 Å². The van der Waals surface area contributed by atoms with Gasteiger partial charge in [-0.2, -0.15) is 0 Å². The fourth-order valence-electron chi connectivity index (χ4n) is 3.21. The molecule has 0 aliphatic heterocycles. The Morgan fingerprint density at radius 3 is 2.61 bits per heavy atom. The molecule has 1 aliphatic rings. The van der Waals surface area contributed by atoms with Crippen molar-refractivity contribution in [2.45, 2.75) is 31.2 Å². The van der Waals surface area contributed by atoms with Gasteiger partial charge in [0.05, 0.1) is 12.6 Å². The molecule has 0 amide bonds. The van der Waals surface area contributed by atoms with Crippen molar-refractivity contribution < 1.29 is 4.74 Å². The van der Waals surface area contributed by atoms with Gasteiger partial charge in [0.15, 0.2) is 0 Å². The number of hydrogen-bond donors (Lipinski definition) is 1. The Morgan fingerprint density at radius 2 is 1.94 bits per heavy atom. The summed E-state index contributed by atoms with van der Waals surface area (Å²) in [5.74, 6) is 0.956. The highest BCUT2D eigenvalue weighted by molar-refractivity contribution is 5.88. The van der Waals surface area contributed by atoms with Crippen LogP contribution >= 0.6 is 0 Å². The number of fused-ring (bicyclic) bond motifs is 1. The molecule has 3 nitrogen and oxygen atoms in total. The van der Waals surface area contributed by atoms with Gasteiger partial charge in [0.25, 0.3) is 0 Å². The van der Waals surface area contributed by atoms with Gasteiger partial charge < -0.3 is 15.0 Å². The second kappa shape index (κ2) is 4.02. The highest BCUT2D eigenvalue weighted by atomic mass is 16.5. The number of rotatable bonds is 2. The van der Waals surface area contributed by atoms with Gasteiger partial charge in [-0.1, -0.05) is 18.9 Å². The zero-order valence-corrected chi connectivity index (χ0v) is 11.1. The van der Waals surface area contributed by atoms with Gasteiger partial charge in [0, 0.05) is 29.7 Å². The van der Waals surface area contributed by atoms with Gasteiger partial charge in [-0.15, -0.1) is 0 Å². The van der Waals surface area contributed by atoms with Gasteiger partial charge >= 0.3 is 0 Å². The van der Waals surface area contributed by atoms with Gasteiger partial charge in [0.2, 0.25) is 0 Å². The first-order chi connectivity index (χ1) is 8.65. The second-order valence-corrected chi connectivity index (χ2v) is 5.37. The summed E-state index contributed by atoms with van der Waals surface area (Å²) in [6.07, 6.45) is 6.61. The summed E-state index contributed by atoms with van der Waals surface area (Å²) in [6.45, 7) is 0. The van der Waals surface area contributed by atoms with E-state index in [1.165, 1.54) is 23.9 Å². The molecule has 2 N–H and O–H groups in total. The SMILES string of the molecule is COc1c(C2(N)CCCC2)ccc2c1ccn2C. The lowest BCUT2D eigenvalue weighted by molar-refractivity contribution is 0.383. The Bertz CT molecular complexity index is 579. The maximum atomic E-state index is 6.57. The quantitative estimate of drug-likeness (QED) is 0.882. The molecule has 1 aromatic carbocycles. The Balaban J connectivity index is 2.23. The predicted octanol–water partition coefficient (Wildman–Crippen LogP) is 2.91. The summed E-state index contributed by atoms with van der Waals surface area (Å²) in [5, 5.41) is 1.16. The van der Waals surface area contributed by atoms with Crippen LogP contribution in [0.5, 0.6) is 5.75 Å². The lowest BCUT2D eigenvalue weighted by Crippen LogP contribution is -2.33. The zero-order valence-electron chi connectivity index (χ0n) is 11.1. The number of aryl methyl sites for hydroxylation is 1. The van der Waals surface area contributed by atoms with Crippen LogP contribution in [0.25, 0.3) is 10.9 Å². The molecule has 18 heavy (non-hydrogen) atoms. The molecule has 0 spiro atoms. The van der Waals surface area contributed by atoms with Crippen LogP contribution in [0.2, 0.25) is 0 Å². The van der Waals surface area contributed by atoms with Crippen molar-refractivity contribution in [2.24, 2.45) is 12.8 Å². The summed E-state index contributed by atoms with van der Waals surface area (Å²) in [6, 6.07) is 6.41. The largest absolute Gasteiger partial charge is 0.496 e. The number of aromatic nitrogens is 1. The molecule has 1 heterocycles. The molecule has 1 aromatic heterocycles. The molecular formula is C15H20N2O. The van der Waals surface area contributed by atoms with Gasteiger partial charge in [-0.3, -0.25) is 0 Å². The molecule has 96 valence electrons. The van der Waals surface area contributed by atoms with Gasteiger partial charge in [-0.25, -0.2) is 0 Å². The third-order valence-electron chi connectivity index (χ3n) is 4.25. The predicted molar refractivity (Wildman–Crippen MR) is 73.8 cm³/mol. The van der Waals surface area contributed by atoms with E-state index < -0.39 is 0 Å². The Kier molecular flexibility index (Phi) is 2.59. The fourth-order valence-corrected chi connectivity index (χ4v) is 3.21. The summed E-state index contributed by atoms with van der Waals surface area (Å²) < 4.78 is 7.77. The lowest BCUT2D eigenvalue weighted by Gasteiger charge is -2.26. The van der Waals surface area contributed by atoms with Crippen LogP contribution in [0.1, 0.15) is 31.2 Å². The number of methoxy groups -OCH3 is 1. The maximum absolute atomic E-state index is 6.57. The van der Waals surface area contributed by atoms with Crippen molar-refractivity contribution in [2.75, 3.05) is 7.11 Å². The molecule has 0 unspecified atom stereocenters. The van der Waals surface area contributed by atoms with E-state index in [-0.39, 0.29) is 5.54 Å². The van der Waals surface area contributed by atoms with Crippen molar-refractivity contribution >= 4 is 10.9 Å². The number of hydrogen-bond acceptors (Lipinski definition) is 2. The van der Waals surface area contributed by atoms with Crippen molar-refractivity contribution in [3.05, 3.63) is 30.0 Å². The molecule has 0 radical (unpaired) electrons. The molecule has 0 bridgehead atoms. The molecule has 1 saturated carbocycles. The van der Waals surface area contributed by atoms with Crippen molar-refractivity contribution in [3.63, 3.8) is 0 Å². The standard InChI is InChI=1S/C15H20N2O/c1-17-10-7-11-13(17)6-5-12(14(11)18-2)15(16)8-3-4-9-15/h5-7,10H,3-4,8-9,16H2,1-2H3. The van der Waals surface area contributed by atoms with Crippen molar-refractivity contribution in [1.29, 1.82) is 0 Å². The molecule has 1 aliphatic carbocycles. The highest BCUT2D eigenvalue weighted by Gasteiger charge is 2.34. The topological polar surface area (TPSA) is 40.2 Å². The summed E-state index contributed by atoms with van der Waals surface area (Å²) in [5.41, 5.74) is 8.73. The number of benzene rings is 1. The molecule has 3 heteroatoms. The zero-order chi connectivity index (χ0) is 12.8. The first-order valence-corrected chi connectivity index (χ1v) is 6.57. The average Bonchev–Trinajstić information content (AvgIpc) is 2.96. The van der Waals surface area contributed by atoms with Crippen molar-refractivity contribution in [3.8, 4) is 5.75 Å². The third kappa shape index (κ3) is 1.54. The van der Waals surface area contributed by atoms with E-state index in [1.54, 1.807) is 7.11 Å². The fraction of sp³-hybridized carbons (Fsp3) is 0.467. The van der Waals surface area contributed by atoms with E-state index in [9.17, 15) is 0 Å². The first kappa shape index (κ1) is 11.6. The smallest absolute Gasteiger partial charge is 0.133 e. The minimum atomic E-state index is -0.199. The Morgan fingerprint density at radius 1 is 1.22 bits per heavy atom. The Labute approximate surface area is 108 Å². The molecular weight excluding hydrogens is 224 g/mol. The Hall–Kier alpha value is -1.48. The van der Waals surface area contributed by atoms with E-state index in [1.807, 2.05) is 0 Å². The molecule has 1 fully saturated rings. The van der Waals surface area contributed by atoms with Crippen molar-refractivity contribution in [1.82, 2.24) is 4.57 Å². The molecule has 3 rings (SSSR count). The van der Waals surface area contributed by atoms with Gasteiger partial charge in [0.1, 0.15) is 5.75 Å². The van der Waals surface area contributed by atoms with E-state index in [4.69, 9.17) is 10.5 Å². The van der Waals surface area contributed by atoms with Crippen LogP contribution in [0, 0.1) is 0 Å². The van der Waals surface area contributed by atoms with E-state index in [0.717, 1.165) is 24.0 Å². The monoisotopic (exact) mass is 244 g/mol. The van der Waals surface area contributed by atoms with E-state index >= 15 is 0 Å². The van der Waals surface area contributed by atoms with Crippen LogP contribution in [-0.2, 0) is 12.6 Å². The number of nitrogens with two attached hydrogens (primary N) is 1. The minimum absolute atomic E-state index is 0.199. The van der Waals surface area contributed by atoms with Gasteiger partial charge in [-0.05, 0) is 25.0 Å². The van der Waals surface area contributed by atoms with E-state index in [0.29, 0.717) is 0 Å².